The van der Waals surface area contributed by atoms with Crippen LogP contribution in [0.3, 0.4) is 0 Å². The van der Waals surface area contributed by atoms with Gasteiger partial charge in [0.1, 0.15) is 5.76 Å². The Kier molecular flexibility index (Phi) is 2.93. The van der Waals surface area contributed by atoms with Crippen LogP contribution in [0.25, 0.3) is 0 Å². The average molecular weight is 290 g/mol. The highest BCUT2D eigenvalue weighted by Crippen LogP contribution is 2.14. The van der Waals surface area contributed by atoms with Gasteiger partial charge in [-0.1, -0.05) is 11.6 Å². The van der Waals surface area contributed by atoms with Gasteiger partial charge in [-0.05, 0) is 28.1 Å². The second-order valence-corrected chi connectivity index (χ2v) is 4.00. The molecule has 0 unspecified atom stereocenters. The summed E-state index contributed by atoms with van der Waals surface area (Å²) in [5.41, 5.74) is -0.327. The molecule has 2 aromatic rings. The van der Waals surface area contributed by atoms with E-state index in [1.807, 2.05) is 0 Å². The SMILES string of the molecule is O=c1c(Cl)nccn1Cc1ccc(Br)o1. The van der Waals surface area contributed by atoms with Gasteiger partial charge in [0.05, 0.1) is 6.54 Å². The fourth-order valence-corrected chi connectivity index (χ4v) is 1.65. The van der Waals surface area contributed by atoms with Crippen molar-refractivity contribution in [3.8, 4) is 0 Å². The van der Waals surface area contributed by atoms with Gasteiger partial charge in [0.2, 0.25) is 0 Å². The Morgan fingerprint density at radius 1 is 1.53 bits per heavy atom. The number of halogens is 2. The van der Waals surface area contributed by atoms with Gasteiger partial charge < -0.3 is 8.98 Å². The first kappa shape index (κ1) is 10.4. The smallest absolute Gasteiger partial charge is 0.288 e. The molecule has 0 aliphatic heterocycles. The van der Waals surface area contributed by atoms with Gasteiger partial charge in [-0.15, -0.1) is 0 Å². The highest BCUT2D eigenvalue weighted by Gasteiger charge is 2.05. The van der Waals surface area contributed by atoms with Crippen molar-refractivity contribution in [2.45, 2.75) is 6.54 Å². The van der Waals surface area contributed by atoms with Crippen LogP contribution in [0.4, 0.5) is 0 Å². The molecular weight excluding hydrogens is 283 g/mol. The summed E-state index contributed by atoms with van der Waals surface area (Å²) in [6.07, 6.45) is 3.03. The third-order valence-electron chi connectivity index (χ3n) is 1.83. The zero-order chi connectivity index (χ0) is 10.8. The number of furan rings is 1. The van der Waals surface area contributed by atoms with E-state index in [2.05, 4.69) is 20.9 Å². The molecular formula is C9H6BrClN2O2. The summed E-state index contributed by atoms with van der Waals surface area (Å²) in [6, 6.07) is 3.55. The summed E-state index contributed by atoms with van der Waals surface area (Å²) in [5, 5.41) is -0.0388. The van der Waals surface area contributed by atoms with Crippen LogP contribution in [0.2, 0.25) is 5.15 Å². The van der Waals surface area contributed by atoms with E-state index in [1.165, 1.54) is 10.8 Å². The molecule has 2 aromatic heterocycles. The molecule has 2 rings (SSSR count). The monoisotopic (exact) mass is 288 g/mol. The van der Waals surface area contributed by atoms with Crippen LogP contribution in [0.1, 0.15) is 5.76 Å². The minimum atomic E-state index is -0.327. The minimum Gasteiger partial charge on any atom is -0.452 e. The fourth-order valence-electron chi connectivity index (χ4n) is 1.15. The van der Waals surface area contributed by atoms with Gasteiger partial charge >= 0.3 is 0 Å². The first-order valence-corrected chi connectivity index (χ1v) is 5.29. The lowest BCUT2D eigenvalue weighted by Gasteiger charge is -2.01. The summed E-state index contributed by atoms with van der Waals surface area (Å²) in [4.78, 5) is 15.2. The van der Waals surface area contributed by atoms with Gasteiger partial charge in [-0.25, -0.2) is 4.98 Å². The van der Waals surface area contributed by atoms with Crippen molar-refractivity contribution in [2.75, 3.05) is 0 Å². The van der Waals surface area contributed by atoms with Crippen molar-refractivity contribution < 1.29 is 4.42 Å². The molecule has 0 amide bonds. The van der Waals surface area contributed by atoms with Gasteiger partial charge in [-0.2, -0.15) is 0 Å². The largest absolute Gasteiger partial charge is 0.452 e. The number of nitrogens with zero attached hydrogens (tertiary/aromatic N) is 2. The molecule has 0 aliphatic rings. The maximum Gasteiger partial charge on any atom is 0.288 e. The molecule has 0 aromatic carbocycles. The van der Waals surface area contributed by atoms with E-state index in [0.717, 1.165) is 0 Å². The zero-order valence-corrected chi connectivity index (χ0v) is 9.83. The minimum absolute atomic E-state index is 0.0388. The summed E-state index contributed by atoms with van der Waals surface area (Å²) in [7, 11) is 0. The van der Waals surface area contributed by atoms with Crippen LogP contribution in [-0.2, 0) is 6.54 Å². The normalized spacial score (nSPS) is 10.5. The van der Waals surface area contributed by atoms with Gasteiger partial charge in [0.25, 0.3) is 5.56 Å². The van der Waals surface area contributed by atoms with Crippen molar-refractivity contribution in [2.24, 2.45) is 0 Å². The molecule has 6 heteroatoms. The van der Waals surface area contributed by atoms with E-state index in [9.17, 15) is 4.79 Å². The van der Waals surface area contributed by atoms with Crippen LogP contribution in [0.5, 0.6) is 0 Å². The summed E-state index contributed by atoms with van der Waals surface area (Å²) >= 11 is 8.79. The van der Waals surface area contributed by atoms with Crippen LogP contribution in [0, 0.1) is 0 Å². The number of hydrogen-bond acceptors (Lipinski definition) is 3. The third kappa shape index (κ3) is 2.30. The highest BCUT2D eigenvalue weighted by molar-refractivity contribution is 9.10. The second-order valence-electron chi connectivity index (χ2n) is 2.86. The molecule has 0 fully saturated rings. The highest BCUT2D eigenvalue weighted by atomic mass is 79.9. The van der Waals surface area contributed by atoms with Gasteiger partial charge in [0.15, 0.2) is 9.82 Å². The molecule has 0 radical (unpaired) electrons. The standard InChI is InChI=1S/C9H6BrClN2O2/c10-7-2-1-6(15-7)5-13-4-3-12-8(11)9(13)14/h1-4H,5H2. The summed E-state index contributed by atoms with van der Waals surface area (Å²) in [6.45, 7) is 0.340. The Bertz CT molecular complexity index is 535. The van der Waals surface area contributed by atoms with Gasteiger partial charge in [0, 0.05) is 12.4 Å². The molecule has 0 spiro atoms. The molecule has 2 heterocycles. The Labute approximate surface area is 98.6 Å². The molecule has 78 valence electrons. The number of rotatable bonds is 2. The lowest BCUT2D eigenvalue weighted by Crippen LogP contribution is -2.20. The molecule has 4 nitrogen and oxygen atoms in total. The molecule has 0 aliphatic carbocycles. The second kappa shape index (κ2) is 4.20. The first-order chi connectivity index (χ1) is 7.16. The predicted molar refractivity (Wildman–Crippen MR) is 59.0 cm³/mol. The molecule has 0 saturated heterocycles. The van der Waals surface area contributed by atoms with Crippen LogP contribution in [-0.4, -0.2) is 9.55 Å². The maximum atomic E-state index is 11.5. The topological polar surface area (TPSA) is 48.0 Å². The Morgan fingerprint density at radius 3 is 3.00 bits per heavy atom. The van der Waals surface area contributed by atoms with Crippen molar-refractivity contribution in [1.29, 1.82) is 0 Å². The Hall–Kier alpha value is -1.07. The molecule has 0 N–H and O–H groups in total. The fraction of sp³-hybridized carbons (Fsp3) is 0.111. The molecule has 0 atom stereocenters. The van der Waals surface area contributed by atoms with Gasteiger partial charge in [-0.3, -0.25) is 4.79 Å². The summed E-state index contributed by atoms with van der Waals surface area (Å²) < 4.78 is 7.34. The van der Waals surface area contributed by atoms with Crippen LogP contribution >= 0.6 is 27.5 Å². The number of aromatic nitrogens is 2. The van der Waals surface area contributed by atoms with E-state index in [-0.39, 0.29) is 10.7 Å². The van der Waals surface area contributed by atoms with Crippen molar-refractivity contribution in [3.05, 3.63) is 50.5 Å². The van der Waals surface area contributed by atoms with E-state index < -0.39 is 0 Å². The summed E-state index contributed by atoms with van der Waals surface area (Å²) in [5.74, 6) is 0.672. The third-order valence-corrected chi connectivity index (χ3v) is 2.51. The maximum absolute atomic E-state index is 11.5. The lowest BCUT2D eigenvalue weighted by molar-refractivity contribution is 0.470. The Balaban J connectivity index is 2.32. The average Bonchev–Trinajstić information content (AvgIpc) is 2.59. The van der Waals surface area contributed by atoms with E-state index in [4.69, 9.17) is 16.0 Å². The zero-order valence-electron chi connectivity index (χ0n) is 7.48. The predicted octanol–water partition coefficient (Wildman–Crippen LogP) is 2.30. The molecule has 15 heavy (non-hydrogen) atoms. The van der Waals surface area contributed by atoms with Crippen LogP contribution in [0.15, 0.2) is 38.4 Å². The van der Waals surface area contributed by atoms with Crippen LogP contribution < -0.4 is 5.56 Å². The van der Waals surface area contributed by atoms with Crippen molar-refractivity contribution >= 4 is 27.5 Å². The van der Waals surface area contributed by atoms with Crippen molar-refractivity contribution in [1.82, 2.24) is 9.55 Å². The van der Waals surface area contributed by atoms with E-state index in [1.54, 1.807) is 18.3 Å². The lowest BCUT2D eigenvalue weighted by atomic mass is 10.4. The molecule has 0 bridgehead atoms. The number of hydrogen-bond donors (Lipinski definition) is 0. The van der Waals surface area contributed by atoms with E-state index >= 15 is 0 Å². The first-order valence-electron chi connectivity index (χ1n) is 4.12. The quantitative estimate of drug-likeness (QED) is 0.852. The van der Waals surface area contributed by atoms with Crippen molar-refractivity contribution in [3.63, 3.8) is 0 Å². The molecule has 0 saturated carbocycles. The Morgan fingerprint density at radius 2 is 2.33 bits per heavy atom. The van der Waals surface area contributed by atoms with E-state index in [0.29, 0.717) is 17.0 Å².